The minimum absolute atomic E-state index is 0.115. The van der Waals surface area contributed by atoms with Gasteiger partial charge in [0.2, 0.25) is 0 Å². The highest BCUT2D eigenvalue weighted by Crippen LogP contribution is 2.38. The Labute approximate surface area is 164 Å². The molecule has 1 N–H and O–H groups in total. The molecule has 0 radical (unpaired) electrons. The molecule has 1 heterocycles. The molecule has 5 nitrogen and oxygen atoms in total. The van der Waals surface area contributed by atoms with Crippen LogP contribution in [0.1, 0.15) is 25.3 Å². The molecule has 2 aromatic rings. The molecule has 1 aliphatic carbocycles. The van der Waals surface area contributed by atoms with Crippen molar-refractivity contribution in [2.45, 2.75) is 32.0 Å². The lowest BCUT2D eigenvalue weighted by Crippen LogP contribution is -2.37. The normalized spacial score (nSPS) is 19.0. The molecule has 28 heavy (non-hydrogen) atoms. The summed E-state index contributed by atoms with van der Waals surface area (Å²) in [6.07, 6.45) is 6.52. The van der Waals surface area contributed by atoms with Crippen molar-refractivity contribution in [2.75, 3.05) is 11.5 Å². The maximum absolute atomic E-state index is 14.0. The van der Waals surface area contributed by atoms with Gasteiger partial charge in [0, 0.05) is 24.2 Å². The zero-order valence-electron chi connectivity index (χ0n) is 15.6. The van der Waals surface area contributed by atoms with E-state index in [2.05, 4.69) is 22.5 Å². The second kappa shape index (κ2) is 7.81. The Hall–Kier alpha value is -3.20. The fourth-order valence-corrected chi connectivity index (χ4v) is 3.28. The quantitative estimate of drug-likeness (QED) is 0.783. The summed E-state index contributed by atoms with van der Waals surface area (Å²) < 4.78 is 25.4. The molecule has 1 aliphatic heterocycles. The van der Waals surface area contributed by atoms with Crippen LogP contribution in [0.2, 0.25) is 0 Å². The Bertz CT molecular complexity index is 920. The molecular weight excluding hydrogens is 357 g/mol. The third-order valence-electron chi connectivity index (χ3n) is 4.86. The van der Waals surface area contributed by atoms with Gasteiger partial charge in [0.25, 0.3) is 0 Å². The van der Waals surface area contributed by atoms with Gasteiger partial charge in [0.1, 0.15) is 24.6 Å². The number of nitrogens with one attached hydrogen (secondary N) is 1. The second-order valence-electron chi connectivity index (χ2n) is 7.17. The van der Waals surface area contributed by atoms with Gasteiger partial charge in [0.15, 0.2) is 11.6 Å². The Morgan fingerprint density at radius 1 is 1.29 bits per heavy atom. The summed E-state index contributed by atoms with van der Waals surface area (Å²) in [4.78, 5) is 2.23. The van der Waals surface area contributed by atoms with Gasteiger partial charge in [-0.05, 0) is 56.0 Å². The maximum Gasteiger partial charge on any atom is 0.166 e. The molecule has 1 saturated carbocycles. The van der Waals surface area contributed by atoms with Crippen LogP contribution in [0.4, 0.5) is 10.1 Å². The molecule has 2 atom stereocenters. The van der Waals surface area contributed by atoms with Crippen LogP contribution in [0.25, 0.3) is 0 Å². The van der Waals surface area contributed by atoms with Crippen LogP contribution in [0.3, 0.4) is 0 Å². The SMILES string of the molecule is C[C@@H](COc1cccc(N2C=CNC2C2CC2)c1)Oc1ccc(C#N)cc1F. The first-order valence-corrected chi connectivity index (χ1v) is 9.44. The number of anilines is 1. The summed E-state index contributed by atoms with van der Waals surface area (Å²) in [5.74, 6) is 0.996. The predicted molar refractivity (Wildman–Crippen MR) is 104 cm³/mol. The van der Waals surface area contributed by atoms with Crippen molar-refractivity contribution in [1.29, 1.82) is 5.26 Å². The molecular formula is C22H22FN3O2. The summed E-state index contributed by atoms with van der Waals surface area (Å²) in [7, 11) is 0. The van der Waals surface area contributed by atoms with Crippen LogP contribution >= 0.6 is 0 Å². The van der Waals surface area contributed by atoms with Crippen LogP contribution in [-0.4, -0.2) is 18.9 Å². The minimum Gasteiger partial charge on any atom is -0.490 e. The Morgan fingerprint density at radius 3 is 2.89 bits per heavy atom. The monoisotopic (exact) mass is 379 g/mol. The van der Waals surface area contributed by atoms with E-state index in [1.165, 1.54) is 31.0 Å². The number of halogens is 1. The first-order chi connectivity index (χ1) is 13.6. The average Bonchev–Trinajstić information content (AvgIpc) is 3.44. The summed E-state index contributed by atoms with van der Waals surface area (Å²) in [6.45, 7) is 2.10. The molecule has 0 amide bonds. The fraction of sp³-hybridized carbons (Fsp3) is 0.318. The minimum atomic E-state index is -0.549. The topological polar surface area (TPSA) is 57.5 Å². The molecule has 6 heteroatoms. The van der Waals surface area contributed by atoms with Crippen LogP contribution in [-0.2, 0) is 0 Å². The molecule has 0 aromatic heterocycles. The predicted octanol–water partition coefficient (Wildman–Crippen LogP) is 4.16. The van der Waals surface area contributed by atoms with E-state index in [-0.39, 0.29) is 24.0 Å². The molecule has 0 saturated heterocycles. The van der Waals surface area contributed by atoms with Gasteiger partial charge in [-0.15, -0.1) is 0 Å². The molecule has 2 aromatic carbocycles. The van der Waals surface area contributed by atoms with Crippen molar-refractivity contribution in [2.24, 2.45) is 5.92 Å². The second-order valence-corrected chi connectivity index (χ2v) is 7.17. The zero-order chi connectivity index (χ0) is 19.5. The number of nitriles is 1. The van der Waals surface area contributed by atoms with E-state index in [9.17, 15) is 4.39 Å². The summed E-state index contributed by atoms with van der Waals surface area (Å²) in [5, 5.41) is 12.2. The number of nitrogens with zero attached hydrogens (tertiary/aromatic N) is 2. The van der Waals surface area contributed by atoms with Crippen LogP contribution in [0.5, 0.6) is 11.5 Å². The van der Waals surface area contributed by atoms with Gasteiger partial charge in [-0.2, -0.15) is 5.26 Å². The Kier molecular flexibility index (Phi) is 5.07. The molecule has 1 fully saturated rings. The molecule has 2 aliphatic rings. The zero-order valence-corrected chi connectivity index (χ0v) is 15.6. The van der Waals surface area contributed by atoms with Crippen molar-refractivity contribution in [1.82, 2.24) is 5.32 Å². The Balaban J connectivity index is 1.36. The molecule has 4 rings (SSSR count). The lowest BCUT2D eigenvalue weighted by atomic mass is 10.2. The van der Waals surface area contributed by atoms with Gasteiger partial charge in [-0.3, -0.25) is 0 Å². The molecule has 0 spiro atoms. The van der Waals surface area contributed by atoms with E-state index in [0.717, 1.165) is 11.4 Å². The van der Waals surface area contributed by atoms with E-state index < -0.39 is 5.82 Å². The van der Waals surface area contributed by atoms with E-state index in [0.29, 0.717) is 12.1 Å². The fourth-order valence-electron chi connectivity index (χ4n) is 3.28. The summed E-state index contributed by atoms with van der Waals surface area (Å²) >= 11 is 0. The largest absolute Gasteiger partial charge is 0.490 e. The van der Waals surface area contributed by atoms with Gasteiger partial charge < -0.3 is 19.7 Å². The number of hydrogen-bond donors (Lipinski definition) is 1. The van der Waals surface area contributed by atoms with Crippen molar-refractivity contribution >= 4 is 5.69 Å². The van der Waals surface area contributed by atoms with Crippen LogP contribution < -0.4 is 19.7 Å². The standard InChI is InChI=1S/C22H22FN3O2/c1-15(28-21-8-5-16(13-24)11-20(21)23)14-27-19-4-2-3-18(12-19)26-10-9-25-22(26)17-6-7-17/h2-5,8-12,15,17,22,25H,6-7,14H2,1H3/t15-,22?/m0/s1. The molecule has 1 unspecified atom stereocenters. The maximum atomic E-state index is 14.0. The number of hydrogen-bond acceptors (Lipinski definition) is 5. The number of rotatable bonds is 7. The highest BCUT2D eigenvalue weighted by molar-refractivity contribution is 5.55. The van der Waals surface area contributed by atoms with E-state index >= 15 is 0 Å². The van der Waals surface area contributed by atoms with Gasteiger partial charge >= 0.3 is 0 Å². The van der Waals surface area contributed by atoms with Crippen molar-refractivity contribution < 1.29 is 13.9 Å². The lowest BCUT2D eigenvalue weighted by Gasteiger charge is -2.26. The summed E-state index contributed by atoms with van der Waals surface area (Å²) in [5.41, 5.74) is 1.34. The van der Waals surface area contributed by atoms with Crippen molar-refractivity contribution in [3.63, 3.8) is 0 Å². The van der Waals surface area contributed by atoms with E-state index in [4.69, 9.17) is 14.7 Å². The van der Waals surface area contributed by atoms with E-state index in [1.54, 1.807) is 0 Å². The van der Waals surface area contributed by atoms with Crippen LogP contribution in [0, 0.1) is 23.1 Å². The van der Waals surface area contributed by atoms with Crippen molar-refractivity contribution in [3.8, 4) is 17.6 Å². The van der Waals surface area contributed by atoms with Gasteiger partial charge in [0.05, 0.1) is 11.6 Å². The average molecular weight is 379 g/mol. The third kappa shape index (κ3) is 4.04. The van der Waals surface area contributed by atoms with Crippen molar-refractivity contribution in [3.05, 3.63) is 66.2 Å². The number of benzene rings is 2. The first kappa shape index (κ1) is 18.2. The lowest BCUT2D eigenvalue weighted by molar-refractivity contribution is 0.138. The number of ether oxygens (including phenoxy) is 2. The third-order valence-corrected chi connectivity index (χ3v) is 4.86. The highest BCUT2D eigenvalue weighted by Gasteiger charge is 2.36. The smallest absolute Gasteiger partial charge is 0.166 e. The molecule has 144 valence electrons. The van der Waals surface area contributed by atoms with E-state index in [1.807, 2.05) is 37.4 Å². The highest BCUT2D eigenvalue weighted by atomic mass is 19.1. The molecule has 0 bridgehead atoms. The summed E-state index contributed by atoms with van der Waals surface area (Å²) in [6, 6.07) is 14.0. The first-order valence-electron chi connectivity index (χ1n) is 9.44. The van der Waals surface area contributed by atoms with Gasteiger partial charge in [-0.25, -0.2) is 4.39 Å². The Morgan fingerprint density at radius 2 is 2.14 bits per heavy atom. The van der Waals surface area contributed by atoms with Crippen LogP contribution in [0.15, 0.2) is 54.9 Å². The van der Waals surface area contributed by atoms with Gasteiger partial charge in [-0.1, -0.05) is 6.07 Å².